The Balaban J connectivity index is 1.24. The third-order valence-corrected chi connectivity index (χ3v) is 6.33. The van der Waals surface area contributed by atoms with Crippen LogP contribution in [0.5, 0.6) is 5.75 Å². The molecule has 1 atom stereocenters. The van der Waals surface area contributed by atoms with Crippen LogP contribution < -0.4 is 10.1 Å². The number of carbonyl (C=O) groups is 2. The molecule has 0 saturated carbocycles. The zero-order chi connectivity index (χ0) is 26.5. The lowest BCUT2D eigenvalue weighted by Gasteiger charge is -2.14. The second-order valence-electron chi connectivity index (χ2n) is 8.80. The molecular weight excluding hydrogens is 502 g/mol. The third-order valence-electron chi connectivity index (χ3n) is 6.08. The van der Waals surface area contributed by atoms with Crippen molar-refractivity contribution < 1.29 is 19.4 Å². The van der Waals surface area contributed by atoms with Crippen LogP contribution in [0.1, 0.15) is 21.6 Å². The van der Waals surface area contributed by atoms with E-state index in [1.165, 1.54) is 0 Å². The molecule has 5 rings (SSSR count). The minimum absolute atomic E-state index is 0.119. The fraction of sp³-hybridized carbons (Fsp3) is 0.100. The number of imidazole rings is 1. The number of hydrogen-bond donors (Lipinski definition) is 2. The second kappa shape index (κ2) is 11.2. The highest BCUT2D eigenvalue weighted by atomic mass is 35.5. The molecule has 0 aliphatic rings. The summed E-state index contributed by atoms with van der Waals surface area (Å²) in [6, 6.07) is 27.0. The van der Waals surface area contributed by atoms with E-state index < -0.39 is 17.9 Å². The molecule has 38 heavy (non-hydrogen) atoms. The Morgan fingerprint density at radius 1 is 0.868 bits per heavy atom. The van der Waals surface area contributed by atoms with Crippen molar-refractivity contribution in [2.24, 2.45) is 0 Å². The van der Waals surface area contributed by atoms with Gasteiger partial charge in [-0.15, -0.1) is 0 Å². The molecular formula is C30H24ClN3O4. The quantitative estimate of drug-likeness (QED) is 0.259. The summed E-state index contributed by atoms with van der Waals surface area (Å²) in [4.78, 5) is 29.2. The molecule has 2 aromatic heterocycles. The number of aliphatic carboxylic acids is 1. The lowest BCUT2D eigenvalue weighted by Crippen LogP contribution is -2.42. The fourth-order valence-corrected chi connectivity index (χ4v) is 4.17. The molecule has 0 radical (unpaired) electrons. The van der Waals surface area contributed by atoms with E-state index in [1.54, 1.807) is 40.9 Å². The van der Waals surface area contributed by atoms with E-state index in [9.17, 15) is 14.7 Å². The second-order valence-corrected chi connectivity index (χ2v) is 9.24. The van der Waals surface area contributed by atoms with Gasteiger partial charge in [0.25, 0.3) is 5.91 Å². The maximum atomic E-state index is 12.9. The van der Waals surface area contributed by atoms with E-state index in [4.69, 9.17) is 16.3 Å². The van der Waals surface area contributed by atoms with E-state index in [-0.39, 0.29) is 12.1 Å². The maximum Gasteiger partial charge on any atom is 0.326 e. The molecule has 0 bridgehead atoms. The van der Waals surface area contributed by atoms with Gasteiger partial charge in [-0.05, 0) is 58.7 Å². The van der Waals surface area contributed by atoms with E-state index in [2.05, 4.69) is 10.3 Å². The summed E-state index contributed by atoms with van der Waals surface area (Å²) >= 11 is 5.98. The Bertz CT molecular complexity index is 1570. The standard InChI is InChI=1S/C30H24ClN3O4/c31-24-11-8-22(9-12-24)23-10-15-28-32-27(18-34(28)17-23)29(35)33-26(30(36)37)16-20-6-13-25(14-7-20)38-19-21-4-2-1-3-5-21/h1-15,17-18,26H,16,19H2,(H,33,35)(H,36,37). The average molecular weight is 526 g/mol. The largest absolute Gasteiger partial charge is 0.489 e. The summed E-state index contributed by atoms with van der Waals surface area (Å²) in [5.41, 5.74) is 4.42. The molecule has 0 aliphatic carbocycles. The molecule has 1 unspecified atom stereocenters. The number of pyridine rings is 1. The van der Waals surface area contributed by atoms with Crippen LogP contribution in [0.15, 0.2) is 103 Å². The first-order chi connectivity index (χ1) is 18.4. The topological polar surface area (TPSA) is 92.9 Å². The van der Waals surface area contributed by atoms with Crippen molar-refractivity contribution in [3.05, 3.63) is 125 Å². The molecule has 3 aromatic carbocycles. The number of benzene rings is 3. The number of carboxylic acids is 1. The SMILES string of the molecule is O=C(NC(Cc1ccc(OCc2ccccc2)cc1)C(=O)O)c1cn2cc(-c3ccc(Cl)cc3)ccc2n1. The highest BCUT2D eigenvalue weighted by Gasteiger charge is 2.23. The lowest BCUT2D eigenvalue weighted by molar-refractivity contribution is -0.139. The number of rotatable bonds is 9. The first-order valence-corrected chi connectivity index (χ1v) is 12.4. The Morgan fingerprint density at radius 2 is 1.58 bits per heavy atom. The molecule has 7 nitrogen and oxygen atoms in total. The Labute approximate surface area is 224 Å². The van der Waals surface area contributed by atoms with Gasteiger partial charge in [0.05, 0.1) is 0 Å². The van der Waals surface area contributed by atoms with Crippen molar-refractivity contribution in [2.45, 2.75) is 19.1 Å². The highest BCUT2D eigenvalue weighted by molar-refractivity contribution is 6.30. The van der Waals surface area contributed by atoms with Crippen molar-refractivity contribution in [3.63, 3.8) is 0 Å². The van der Waals surface area contributed by atoms with Crippen LogP contribution in [0.2, 0.25) is 5.02 Å². The zero-order valence-electron chi connectivity index (χ0n) is 20.3. The first-order valence-electron chi connectivity index (χ1n) is 12.0. The Hall–Kier alpha value is -4.62. The molecule has 0 saturated heterocycles. The molecule has 0 spiro atoms. The van der Waals surface area contributed by atoms with E-state index in [0.717, 1.165) is 22.3 Å². The summed E-state index contributed by atoms with van der Waals surface area (Å²) in [5, 5.41) is 13.0. The van der Waals surface area contributed by atoms with Crippen LogP contribution in [0.3, 0.4) is 0 Å². The van der Waals surface area contributed by atoms with Gasteiger partial charge < -0.3 is 19.6 Å². The van der Waals surface area contributed by atoms with Gasteiger partial charge in [-0.25, -0.2) is 9.78 Å². The van der Waals surface area contributed by atoms with Crippen molar-refractivity contribution in [1.82, 2.24) is 14.7 Å². The summed E-state index contributed by atoms with van der Waals surface area (Å²) in [6.45, 7) is 0.439. The molecule has 1 amide bonds. The summed E-state index contributed by atoms with van der Waals surface area (Å²) in [5.74, 6) is -1.01. The normalized spacial score (nSPS) is 11.7. The maximum absolute atomic E-state index is 12.9. The summed E-state index contributed by atoms with van der Waals surface area (Å²) in [7, 11) is 0. The van der Waals surface area contributed by atoms with Gasteiger partial charge in [-0.1, -0.05) is 66.2 Å². The number of aromatic nitrogens is 2. The molecule has 0 fully saturated rings. The van der Waals surface area contributed by atoms with Crippen LogP contribution in [0.4, 0.5) is 0 Å². The molecule has 0 aliphatic heterocycles. The van der Waals surface area contributed by atoms with Crippen LogP contribution >= 0.6 is 11.6 Å². The molecule has 8 heteroatoms. The molecule has 5 aromatic rings. The predicted molar refractivity (Wildman–Crippen MR) is 145 cm³/mol. The first kappa shape index (κ1) is 25.0. The molecule has 2 N–H and O–H groups in total. The minimum Gasteiger partial charge on any atom is -0.489 e. The van der Waals surface area contributed by atoms with E-state index in [1.807, 2.05) is 66.9 Å². The number of fused-ring (bicyclic) bond motifs is 1. The smallest absolute Gasteiger partial charge is 0.326 e. The monoisotopic (exact) mass is 525 g/mol. The Kier molecular flexibility index (Phi) is 7.38. The van der Waals surface area contributed by atoms with Crippen molar-refractivity contribution in [1.29, 1.82) is 0 Å². The average Bonchev–Trinajstić information content (AvgIpc) is 3.37. The molecule has 190 valence electrons. The number of amides is 1. The van der Waals surface area contributed by atoms with Crippen LogP contribution in [-0.2, 0) is 17.8 Å². The number of carboxylic acid groups (broad SMARTS) is 1. The number of ether oxygens (including phenoxy) is 1. The number of nitrogens with one attached hydrogen (secondary N) is 1. The van der Waals surface area contributed by atoms with Crippen LogP contribution in [0.25, 0.3) is 16.8 Å². The van der Waals surface area contributed by atoms with Gasteiger partial charge in [0.15, 0.2) is 0 Å². The van der Waals surface area contributed by atoms with Gasteiger partial charge in [0, 0.05) is 23.8 Å². The highest BCUT2D eigenvalue weighted by Crippen LogP contribution is 2.22. The minimum atomic E-state index is -1.13. The third kappa shape index (κ3) is 6.02. The van der Waals surface area contributed by atoms with Gasteiger partial charge >= 0.3 is 5.97 Å². The van der Waals surface area contributed by atoms with Crippen molar-refractivity contribution in [2.75, 3.05) is 0 Å². The number of nitrogens with zero attached hydrogens (tertiary/aromatic N) is 2. The van der Waals surface area contributed by atoms with Crippen molar-refractivity contribution in [3.8, 4) is 16.9 Å². The van der Waals surface area contributed by atoms with Gasteiger partial charge in [0.2, 0.25) is 0 Å². The number of halogens is 1. The predicted octanol–water partition coefficient (Wildman–Crippen LogP) is 5.66. The van der Waals surface area contributed by atoms with Gasteiger partial charge in [-0.3, -0.25) is 4.79 Å². The molecule has 2 heterocycles. The number of hydrogen-bond acceptors (Lipinski definition) is 4. The summed E-state index contributed by atoms with van der Waals surface area (Å²) in [6.07, 6.45) is 3.56. The fourth-order valence-electron chi connectivity index (χ4n) is 4.04. The van der Waals surface area contributed by atoms with Crippen LogP contribution in [-0.4, -0.2) is 32.4 Å². The Morgan fingerprint density at radius 3 is 2.29 bits per heavy atom. The van der Waals surface area contributed by atoms with Crippen molar-refractivity contribution >= 4 is 29.1 Å². The summed E-state index contributed by atoms with van der Waals surface area (Å²) < 4.78 is 7.53. The van der Waals surface area contributed by atoms with Gasteiger partial charge in [0.1, 0.15) is 29.7 Å². The lowest BCUT2D eigenvalue weighted by atomic mass is 10.1. The van der Waals surface area contributed by atoms with Gasteiger partial charge in [-0.2, -0.15) is 0 Å². The van der Waals surface area contributed by atoms with E-state index in [0.29, 0.717) is 23.0 Å². The zero-order valence-corrected chi connectivity index (χ0v) is 21.0. The van der Waals surface area contributed by atoms with E-state index >= 15 is 0 Å². The number of carbonyl (C=O) groups excluding carboxylic acids is 1. The van der Waals surface area contributed by atoms with Crippen LogP contribution in [0, 0.1) is 0 Å².